The van der Waals surface area contributed by atoms with E-state index in [1.165, 1.54) is 17.2 Å². The van der Waals surface area contributed by atoms with Gasteiger partial charge in [-0.25, -0.2) is 0 Å². The molecular weight excluding hydrogens is 283 g/mol. The Labute approximate surface area is 121 Å². The first kappa shape index (κ1) is 12.7. The fraction of sp³-hybridized carbons (Fsp3) is 0.286. The molecule has 19 heavy (non-hydrogen) atoms. The monoisotopic (exact) mass is 294 g/mol. The molecule has 0 atom stereocenters. The lowest BCUT2D eigenvalue weighted by Crippen LogP contribution is -2.32. The van der Waals surface area contributed by atoms with E-state index in [0.29, 0.717) is 5.02 Å². The molecule has 0 N–H and O–H groups in total. The molecule has 0 spiro atoms. The molecule has 0 unspecified atom stereocenters. The molecule has 98 valence electrons. The van der Waals surface area contributed by atoms with Gasteiger partial charge in [0, 0.05) is 6.07 Å². The largest absolute Gasteiger partial charge is 0.436 e. The van der Waals surface area contributed by atoms with E-state index in [4.69, 9.17) is 27.9 Å². The highest BCUT2D eigenvalue weighted by Gasteiger charge is 2.36. The number of ether oxygens (including phenoxy) is 1. The molecule has 0 bridgehead atoms. The first-order valence-electron chi connectivity index (χ1n) is 5.96. The third-order valence-corrected chi connectivity index (χ3v) is 3.83. The molecule has 0 saturated carbocycles. The predicted octanol–water partition coefficient (Wildman–Crippen LogP) is 4.41. The van der Waals surface area contributed by atoms with Gasteiger partial charge < -0.3 is 4.74 Å². The minimum atomic E-state index is 0.212. The summed E-state index contributed by atoms with van der Waals surface area (Å²) < 4.78 is 5.76. The average Bonchev–Trinajstić information content (AvgIpc) is 2.33. The number of hydrogen-bond donors (Lipinski definition) is 0. The molecule has 2 aromatic rings. The maximum Gasteiger partial charge on any atom is 0.257 e. The van der Waals surface area contributed by atoms with E-state index in [0.717, 1.165) is 12.2 Å². The Morgan fingerprint density at radius 3 is 2.68 bits per heavy atom. The van der Waals surface area contributed by atoms with Crippen LogP contribution in [-0.2, 0) is 11.8 Å². The number of benzene rings is 1. The third kappa shape index (κ3) is 2.17. The van der Waals surface area contributed by atoms with Gasteiger partial charge in [0.1, 0.15) is 10.8 Å². The van der Waals surface area contributed by atoms with Gasteiger partial charge in [-0.1, -0.05) is 49.2 Å². The lowest BCUT2D eigenvalue weighted by Gasteiger charge is -2.38. The molecule has 1 aromatic carbocycles. The van der Waals surface area contributed by atoms with Crippen molar-refractivity contribution in [1.29, 1.82) is 0 Å². The Bertz CT molecular complexity index is 656. The molecule has 1 aromatic heterocycles. The van der Waals surface area contributed by atoms with Crippen molar-refractivity contribution >= 4 is 23.2 Å². The number of aromatic nitrogens is 2. The number of hydrogen-bond acceptors (Lipinski definition) is 3. The van der Waals surface area contributed by atoms with E-state index in [1.807, 2.05) is 12.1 Å². The molecule has 1 heterocycles. The van der Waals surface area contributed by atoms with Crippen LogP contribution in [0, 0.1) is 0 Å². The van der Waals surface area contributed by atoms with Crippen LogP contribution >= 0.6 is 23.2 Å². The molecule has 0 aliphatic heterocycles. The molecular formula is C14H12Cl2N2O. The average molecular weight is 295 g/mol. The van der Waals surface area contributed by atoms with Gasteiger partial charge in [0.2, 0.25) is 0 Å². The van der Waals surface area contributed by atoms with Crippen LogP contribution in [0.5, 0.6) is 11.6 Å². The van der Waals surface area contributed by atoms with Crippen molar-refractivity contribution in [3.8, 4) is 11.6 Å². The van der Waals surface area contributed by atoms with Crippen LogP contribution in [-0.4, -0.2) is 10.2 Å². The van der Waals surface area contributed by atoms with E-state index in [1.54, 1.807) is 0 Å². The van der Waals surface area contributed by atoms with Gasteiger partial charge in [0.15, 0.2) is 5.15 Å². The van der Waals surface area contributed by atoms with Crippen molar-refractivity contribution in [2.45, 2.75) is 25.7 Å². The minimum Gasteiger partial charge on any atom is -0.436 e. The van der Waals surface area contributed by atoms with Crippen LogP contribution in [0.4, 0.5) is 0 Å². The number of nitrogens with zero attached hydrogens (tertiary/aromatic N) is 2. The Balaban J connectivity index is 1.95. The molecule has 3 nitrogen and oxygen atoms in total. The summed E-state index contributed by atoms with van der Waals surface area (Å²) in [4.78, 5) is 0. The van der Waals surface area contributed by atoms with Gasteiger partial charge in [0.25, 0.3) is 5.88 Å². The van der Waals surface area contributed by atoms with Crippen LogP contribution in [0.15, 0.2) is 24.3 Å². The molecule has 0 radical (unpaired) electrons. The Kier molecular flexibility index (Phi) is 2.91. The highest BCUT2D eigenvalue weighted by molar-refractivity contribution is 6.34. The van der Waals surface area contributed by atoms with Gasteiger partial charge in [-0.15, -0.1) is 10.2 Å². The number of rotatable bonds is 2. The lowest BCUT2D eigenvalue weighted by atomic mass is 9.66. The van der Waals surface area contributed by atoms with E-state index in [9.17, 15) is 0 Å². The van der Waals surface area contributed by atoms with Crippen molar-refractivity contribution in [2.24, 2.45) is 0 Å². The first-order chi connectivity index (χ1) is 8.97. The third-order valence-electron chi connectivity index (χ3n) is 3.37. The van der Waals surface area contributed by atoms with E-state index < -0.39 is 0 Å². The van der Waals surface area contributed by atoms with Gasteiger partial charge in [-0.2, -0.15) is 0 Å². The quantitative estimate of drug-likeness (QED) is 0.823. The topological polar surface area (TPSA) is 35.0 Å². The second kappa shape index (κ2) is 4.36. The Hall–Kier alpha value is -1.32. The summed E-state index contributed by atoms with van der Waals surface area (Å²) in [7, 11) is 0. The van der Waals surface area contributed by atoms with Crippen molar-refractivity contribution in [1.82, 2.24) is 10.2 Å². The lowest BCUT2D eigenvalue weighted by molar-refractivity contribution is 0.403. The zero-order valence-corrected chi connectivity index (χ0v) is 12.1. The SMILES string of the molecule is CC1(C)Cc2c(Oc3nnc(Cl)cc3Cl)cccc21. The molecule has 5 heteroatoms. The fourth-order valence-electron chi connectivity index (χ4n) is 2.42. The summed E-state index contributed by atoms with van der Waals surface area (Å²) in [5.74, 6) is 1.07. The van der Waals surface area contributed by atoms with Crippen LogP contribution < -0.4 is 4.74 Å². The normalized spacial score (nSPS) is 15.6. The standard InChI is InChI=1S/C14H12Cl2N2O/c1-14(2)7-8-9(14)4-3-5-11(8)19-13-10(15)6-12(16)17-18-13/h3-6H,7H2,1-2H3. The smallest absolute Gasteiger partial charge is 0.257 e. The first-order valence-corrected chi connectivity index (χ1v) is 6.72. The zero-order valence-electron chi connectivity index (χ0n) is 10.6. The van der Waals surface area contributed by atoms with Crippen molar-refractivity contribution in [2.75, 3.05) is 0 Å². The summed E-state index contributed by atoms with van der Waals surface area (Å²) in [6.07, 6.45) is 0.983. The molecule has 1 aliphatic carbocycles. The summed E-state index contributed by atoms with van der Waals surface area (Å²) in [5, 5.41) is 8.22. The summed E-state index contributed by atoms with van der Waals surface area (Å²) in [6.45, 7) is 4.43. The minimum absolute atomic E-state index is 0.212. The van der Waals surface area contributed by atoms with Gasteiger partial charge >= 0.3 is 0 Å². The van der Waals surface area contributed by atoms with Crippen molar-refractivity contribution in [3.63, 3.8) is 0 Å². The number of halogens is 2. The van der Waals surface area contributed by atoms with Gasteiger partial charge in [-0.05, 0) is 29.0 Å². The fourth-order valence-corrected chi connectivity index (χ4v) is 2.80. The van der Waals surface area contributed by atoms with Crippen LogP contribution in [0.25, 0.3) is 0 Å². The summed E-state index contributed by atoms with van der Waals surface area (Å²) in [5.41, 5.74) is 2.73. The highest BCUT2D eigenvalue weighted by Crippen LogP contribution is 2.46. The van der Waals surface area contributed by atoms with Crippen molar-refractivity contribution < 1.29 is 4.74 Å². The van der Waals surface area contributed by atoms with Crippen LogP contribution in [0.2, 0.25) is 10.2 Å². The van der Waals surface area contributed by atoms with E-state index in [2.05, 4.69) is 30.1 Å². The van der Waals surface area contributed by atoms with Gasteiger partial charge in [-0.3, -0.25) is 0 Å². The van der Waals surface area contributed by atoms with Crippen LogP contribution in [0.1, 0.15) is 25.0 Å². The second-order valence-corrected chi connectivity index (χ2v) is 6.06. The Morgan fingerprint density at radius 1 is 1.21 bits per heavy atom. The summed E-state index contributed by atoms with van der Waals surface area (Å²) >= 11 is 11.7. The predicted molar refractivity (Wildman–Crippen MR) is 75.3 cm³/mol. The molecule has 0 amide bonds. The van der Waals surface area contributed by atoms with Crippen LogP contribution in [0.3, 0.4) is 0 Å². The summed E-state index contributed by atoms with van der Waals surface area (Å²) in [6, 6.07) is 7.54. The molecule has 1 aliphatic rings. The van der Waals surface area contributed by atoms with Gasteiger partial charge in [0.05, 0.1) is 0 Å². The highest BCUT2D eigenvalue weighted by atomic mass is 35.5. The van der Waals surface area contributed by atoms with Crippen molar-refractivity contribution in [3.05, 3.63) is 45.6 Å². The molecule has 0 saturated heterocycles. The Morgan fingerprint density at radius 2 is 2.00 bits per heavy atom. The number of fused-ring (bicyclic) bond motifs is 1. The maximum absolute atomic E-state index is 6.03. The maximum atomic E-state index is 6.03. The zero-order chi connectivity index (χ0) is 13.6. The molecule has 3 rings (SSSR count). The second-order valence-electron chi connectivity index (χ2n) is 5.27. The molecule has 0 fully saturated rings. The van der Waals surface area contributed by atoms with E-state index in [-0.39, 0.29) is 16.4 Å². The van der Waals surface area contributed by atoms with E-state index >= 15 is 0 Å².